The number of rotatable bonds is 4. The number of furan rings is 1. The van der Waals surface area contributed by atoms with E-state index < -0.39 is 0 Å². The number of benzene rings is 2. The van der Waals surface area contributed by atoms with Crippen molar-refractivity contribution in [2.24, 2.45) is 0 Å². The summed E-state index contributed by atoms with van der Waals surface area (Å²) in [5.74, 6) is 1.12. The van der Waals surface area contributed by atoms with Crippen LogP contribution in [0.2, 0.25) is 0 Å². The van der Waals surface area contributed by atoms with Gasteiger partial charge in [0, 0.05) is 15.4 Å². The highest BCUT2D eigenvalue weighted by atomic mass is 79.9. The highest BCUT2D eigenvalue weighted by Gasteiger charge is 2.25. The molecular formula is C20H14BrNO4. The van der Waals surface area contributed by atoms with E-state index in [0.717, 1.165) is 15.4 Å². The molecule has 0 fully saturated rings. The highest BCUT2D eigenvalue weighted by Crippen LogP contribution is 2.31. The number of hydrogen-bond acceptors (Lipinski definition) is 5. The molecule has 5 nitrogen and oxygen atoms in total. The number of aryl methyl sites for hydroxylation is 1. The van der Waals surface area contributed by atoms with E-state index in [2.05, 4.69) is 21.1 Å². The Kier molecular flexibility index (Phi) is 4.12. The number of fused-ring (bicyclic) bond motifs is 1. The van der Waals surface area contributed by atoms with Crippen molar-refractivity contribution < 1.29 is 18.5 Å². The van der Waals surface area contributed by atoms with Crippen LogP contribution in [0.1, 0.15) is 21.9 Å². The van der Waals surface area contributed by atoms with Crippen molar-refractivity contribution in [3.63, 3.8) is 0 Å². The minimum Gasteiger partial charge on any atom is -0.497 e. The molecule has 0 aliphatic heterocycles. The standard InChI is InChI=1S/C20H14BrNO4/c1-11-18(19(22-26-11)12-3-5-14(21)6-4-12)20(23)17-10-13-9-15(24-2)7-8-16(13)25-17/h3-10H,1-2H3. The molecule has 130 valence electrons. The lowest BCUT2D eigenvalue weighted by atomic mass is 10.0. The van der Waals surface area contributed by atoms with Crippen LogP contribution in [0.3, 0.4) is 0 Å². The van der Waals surface area contributed by atoms with Crippen LogP contribution in [0.25, 0.3) is 22.2 Å². The molecule has 0 aliphatic rings. The van der Waals surface area contributed by atoms with Crippen molar-refractivity contribution in [1.82, 2.24) is 5.16 Å². The molecular weight excluding hydrogens is 398 g/mol. The maximum atomic E-state index is 13.1. The molecule has 4 rings (SSSR count). The van der Waals surface area contributed by atoms with Crippen LogP contribution in [0, 0.1) is 6.92 Å². The van der Waals surface area contributed by atoms with Gasteiger partial charge in [-0.2, -0.15) is 0 Å². The maximum absolute atomic E-state index is 13.1. The van der Waals surface area contributed by atoms with Gasteiger partial charge in [0.1, 0.15) is 22.8 Å². The molecule has 6 heteroatoms. The van der Waals surface area contributed by atoms with E-state index in [4.69, 9.17) is 13.7 Å². The van der Waals surface area contributed by atoms with Gasteiger partial charge in [0.2, 0.25) is 5.78 Å². The average molecular weight is 412 g/mol. The third kappa shape index (κ3) is 2.82. The van der Waals surface area contributed by atoms with Gasteiger partial charge in [-0.3, -0.25) is 4.79 Å². The molecule has 0 aliphatic carbocycles. The van der Waals surface area contributed by atoms with Gasteiger partial charge in [-0.25, -0.2) is 0 Å². The van der Waals surface area contributed by atoms with E-state index in [1.165, 1.54) is 0 Å². The number of halogens is 1. The fourth-order valence-electron chi connectivity index (χ4n) is 2.83. The molecule has 0 saturated heterocycles. The van der Waals surface area contributed by atoms with Crippen LogP contribution in [0.4, 0.5) is 0 Å². The van der Waals surface area contributed by atoms with Gasteiger partial charge in [0.05, 0.1) is 12.7 Å². The lowest BCUT2D eigenvalue weighted by Crippen LogP contribution is -2.02. The minimum absolute atomic E-state index is 0.234. The van der Waals surface area contributed by atoms with Crippen molar-refractivity contribution in [2.75, 3.05) is 7.11 Å². The largest absolute Gasteiger partial charge is 0.497 e. The van der Waals surface area contributed by atoms with Crippen LogP contribution >= 0.6 is 15.9 Å². The first-order chi connectivity index (χ1) is 12.6. The number of methoxy groups -OCH3 is 1. The Morgan fingerprint density at radius 2 is 1.88 bits per heavy atom. The van der Waals surface area contributed by atoms with Crippen molar-refractivity contribution in [1.29, 1.82) is 0 Å². The zero-order chi connectivity index (χ0) is 18.3. The van der Waals surface area contributed by atoms with Crippen LogP contribution in [-0.2, 0) is 0 Å². The number of ether oxygens (including phenoxy) is 1. The lowest BCUT2D eigenvalue weighted by Gasteiger charge is -2.00. The summed E-state index contributed by atoms with van der Waals surface area (Å²) >= 11 is 3.40. The SMILES string of the molecule is COc1ccc2oc(C(=O)c3c(-c4ccc(Br)cc4)noc3C)cc2c1. The summed E-state index contributed by atoms with van der Waals surface area (Å²) in [5, 5.41) is 4.87. The van der Waals surface area contributed by atoms with Gasteiger partial charge in [-0.05, 0) is 43.3 Å². The van der Waals surface area contributed by atoms with Crippen LogP contribution in [-0.4, -0.2) is 18.0 Å². The summed E-state index contributed by atoms with van der Waals surface area (Å²) in [4.78, 5) is 13.1. The topological polar surface area (TPSA) is 65.5 Å². The smallest absolute Gasteiger partial charge is 0.234 e. The van der Waals surface area contributed by atoms with Gasteiger partial charge < -0.3 is 13.7 Å². The summed E-state index contributed by atoms with van der Waals surface area (Å²) in [7, 11) is 1.60. The molecule has 26 heavy (non-hydrogen) atoms. The predicted molar refractivity (Wildman–Crippen MR) is 101 cm³/mol. The normalized spacial score (nSPS) is 11.0. The van der Waals surface area contributed by atoms with Crippen molar-refractivity contribution in [2.45, 2.75) is 6.92 Å². The molecule has 2 heterocycles. The summed E-state index contributed by atoms with van der Waals surface area (Å²) in [6, 6.07) is 14.6. The fraction of sp³-hybridized carbons (Fsp3) is 0.100. The molecule has 2 aromatic carbocycles. The quantitative estimate of drug-likeness (QED) is 0.420. The summed E-state index contributed by atoms with van der Waals surface area (Å²) in [5.41, 5.74) is 2.32. The van der Waals surface area contributed by atoms with Crippen molar-refractivity contribution >= 4 is 32.7 Å². The van der Waals surface area contributed by atoms with Gasteiger partial charge in [0.15, 0.2) is 5.76 Å². The monoisotopic (exact) mass is 411 g/mol. The molecule has 0 radical (unpaired) electrons. The van der Waals surface area contributed by atoms with Crippen LogP contribution in [0.15, 0.2) is 61.9 Å². The zero-order valence-electron chi connectivity index (χ0n) is 14.1. The molecule has 0 spiro atoms. The first-order valence-corrected chi connectivity index (χ1v) is 8.70. The predicted octanol–water partition coefficient (Wildman–Crippen LogP) is 5.40. The first-order valence-electron chi connectivity index (χ1n) is 7.91. The number of aromatic nitrogens is 1. The van der Waals surface area contributed by atoms with Gasteiger partial charge >= 0.3 is 0 Å². The highest BCUT2D eigenvalue weighted by molar-refractivity contribution is 9.10. The van der Waals surface area contributed by atoms with Crippen LogP contribution < -0.4 is 4.74 Å². The maximum Gasteiger partial charge on any atom is 0.234 e. The van der Waals surface area contributed by atoms with Crippen molar-refractivity contribution in [3.05, 3.63) is 70.1 Å². The van der Waals surface area contributed by atoms with Crippen molar-refractivity contribution in [3.8, 4) is 17.0 Å². The number of nitrogens with zero attached hydrogens (tertiary/aromatic N) is 1. The summed E-state index contributed by atoms with van der Waals surface area (Å²) in [6.45, 7) is 1.72. The third-order valence-corrected chi connectivity index (χ3v) is 4.68. The second-order valence-corrected chi connectivity index (χ2v) is 6.73. The average Bonchev–Trinajstić information content (AvgIpc) is 3.24. The van der Waals surface area contributed by atoms with Crippen LogP contribution in [0.5, 0.6) is 5.75 Å². The molecule has 0 unspecified atom stereocenters. The molecule has 0 saturated carbocycles. The van der Waals surface area contributed by atoms with E-state index >= 15 is 0 Å². The van der Waals surface area contributed by atoms with Gasteiger partial charge in [0.25, 0.3) is 0 Å². The number of carbonyl (C=O) groups excluding carboxylic acids is 1. The molecule has 0 N–H and O–H groups in total. The Morgan fingerprint density at radius 1 is 1.12 bits per heavy atom. The Balaban J connectivity index is 1.79. The van der Waals surface area contributed by atoms with E-state index in [1.807, 2.05) is 30.3 Å². The van der Waals surface area contributed by atoms with E-state index in [0.29, 0.717) is 28.4 Å². The number of hydrogen-bond donors (Lipinski definition) is 0. The van der Waals surface area contributed by atoms with Gasteiger partial charge in [-0.15, -0.1) is 0 Å². The Labute approximate surface area is 157 Å². The minimum atomic E-state index is -0.267. The fourth-order valence-corrected chi connectivity index (χ4v) is 3.09. The lowest BCUT2D eigenvalue weighted by molar-refractivity contribution is 0.101. The zero-order valence-corrected chi connectivity index (χ0v) is 15.7. The van der Waals surface area contributed by atoms with E-state index in [-0.39, 0.29) is 11.5 Å². The van der Waals surface area contributed by atoms with E-state index in [1.54, 1.807) is 32.2 Å². The Morgan fingerprint density at radius 3 is 2.62 bits per heavy atom. The molecule has 0 amide bonds. The van der Waals surface area contributed by atoms with E-state index in [9.17, 15) is 4.79 Å². The van der Waals surface area contributed by atoms with Gasteiger partial charge in [-0.1, -0.05) is 33.2 Å². The second-order valence-electron chi connectivity index (χ2n) is 5.81. The summed E-state index contributed by atoms with van der Waals surface area (Å²) < 4.78 is 17.2. The molecule has 2 aromatic heterocycles. The second kappa shape index (κ2) is 6.46. The summed E-state index contributed by atoms with van der Waals surface area (Å²) in [6.07, 6.45) is 0. The first kappa shape index (κ1) is 16.6. The number of carbonyl (C=O) groups is 1. The Bertz CT molecular complexity index is 1110. The molecule has 0 bridgehead atoms. The number of ketones is 1. The molecule has 4 aromatic rings. The Hall–Kier alpha value is -2.86. The third-order valence-electron chi connectivity index (χ3n) is 4.15. The molecule has 0 atom stereocenters.